The number of rotatable bonds is 8. The Bertz CT molecular complexity index is 883. The molecule has 1 fully saturated rings. The zero-order chi connectivity index (χ0) is 22.2. The van der Waals surface area contributed by atoms with Gasteiger partial charge in [-0.1, -0.05) is 72.8 Å². The molecule has 0 radical (unpaired) electrons. The Labute approximate surface area is 198 Å². The number of alkyl halides is 1. The monoisotopic (exact) mass is 480 g/mol. The molecule has 0 saturated heterocycles. The van der Waals surface area contributed by atoms with Crippen LogP contribution in [0.4, 0.5) is 0 Å². The summed E-state index contributed by atoms with van der Waals surface area (Å²) in [7, 11) is 0. The fourth-order valence-electron chi connectivity index (χ4n) is 4.06. The lowest BCUT2D eigenvalue weighted by Crippen LogP contribution is -2.48. The zero-order valence-electron chi connectivity index (χ0n) is 17.3. The van der Waals surface area contributed by atoms with Crippen LogP contribution >= 0.6 is 34.8 Å². The van der Waals surface area contributed by atoms with E-state index in [0.717, 1.165) is 31.2 Å². The minimum atomic E-state index is -0.784. The second-order valence-electron chi connectivity index (χ2n) is 7.86. The highest BCUT2D eigenvalue weighted by Gasteiger charge is 2.32. The molecule has 31 heavy (non-hydrogen) atoms. The third kappa shape index (κ3) is 6.61. The van der Waals surface area contributed by atoms with Gasteiger partial charge in [-0.3, -0.25) is 9.59 Å². The lowest BCUT2D eigenvalue weighted by atomic mass is 9.94. The number of nitrogens with zero attached hydrogens (tertiary/aromatic N) is 1. The molecule has 0 aliphatic heterocycles. The molecular weight excluding hydrogens is 455 g/mol. The standard InChI is InChI=1S/C24H27Cl3N2O2/c25-16-22(30)29(15-14-17-6-4-5-9-21(17)27)23(18-10-12-19(26)13-11-18)24(31)28-20-7-2-1-3-8-20/h4-6,9-13,20,23H,1-3,7-8,14-16H2,(H,28,31). The van der Waals surface area contributed by atoms with E-state index >= 15 is 0 Å². The first kappa shape index (κ1) is 23.9. The van der Waals surface area contributed by atoms with Gasteiger partial charge < -0.3 is 10.2 Å². The van der Waals surface area contributed by atoms with Crippen molar-refractivity contribution in [3.63, 3.8) is 0 Å². The van der Waals surface area contributed by atoms with Crippen molar-refractivity contribution >= 4 is 46.6 Å². The van der Waals surface area contributed by atoms with Crippen molar-refractivity contribution < 1.29 is 9.59 Å². The van der Waals surface area contributed by atoms with E-state index in [2.05, 4.69) is 5.32 Å². The van der Waals surface area contributed by atoms with Gasteiger partial charge in [0.2, 0.25) is 11.8 Å². The molecule has 0 spiro atoms. The second kappa shape index (κ2) is 11.8. The topological polar surface area (TPSA) is 49.4 Å². The molecule has 1 saturated carbocycles. The number of carbonyl (C=O) groups is 2. The number of hydrogen-bond acceptors (Lipinski definition) is 2. The molecular formula is C24H27Cl3N2O2. The van der Waals surface area contributed by atoms with Gasteiger partial charge >= 0.3 is 0 Å². The van der Waals surface area contributed by atoms with Gasteiger partial charge in [0, 0.05) is 22.6 Å². The summed E-state index contributed by atoms with van der Waals surface area (Å²) in [4.78, 5) is 27.8. The Morgan fingerprint density at radius 3 is 2.32 bits per heavy atom. The molecule has 1 unspecified atom stereocenters. The third-order valence-electron chi connectivity index (χ3n) is 5.71. The molecule has 0 aromatic heterocycles. The molecule has 0 bridgehead atoms. The highest BCUT2D eigenvalue weighted by atomic mass is 35.5. The molecule has 0 heterocycles. The molecule has 1 aliphatic rings. The van der Waals surface area contributed by atoms with E-state index in [1.807, 2.05) is 24.3 Å². The van der Waals surface area contributed by atoms with Crippen molar-refractivity contribution in [2.45, 2.75) is 50.6 Å². The lowest BCUT2D eigenvalue weighted by Gasteiger charge is -2.33. The van der Waals surface area contributed by atoms with Gasteiger partial charge in [0.25, 0.3) is 0 Å². The number of nitrogens with one attached hydrogen (secondary N) is 1. The maximum absolute atomic E-state index is 13.4. The Balaban J connectivity index is 1.88. The van der Waals surface area contributed by atoms with Crippen molar-refractivity contribution in [3.8, 4) is 0 Å². The highest BCUT2D eigenvalue weighted by molar-refractivity contribution is 6.31. The van der Waals surface area contributed by atoms with Gasteiger partial charge in [0.15, 0.2) is 0 Å². The highest BCUT2D eigenvalue weighted by Crippen LogP contribution is 2.26. The number of amides is 2. The van der Waals surface area contributed by atoms with Gasteiger partial charge in [-0.25, -0.2) is 0 Å². The van der Waals surface area contributed by atoms with Crippen LogP contribution in [-0.4, -0.2) is 35.2 Å². The van der Waals surface area contributed by atoms with E-state index in [1.54, 1.807) is 29.2 Å². The van der Waals surface area contributed by atoms with Gasteiger partial charge in [-0.05, 0) is 48.6 Å². The van der Waals surface area contributed by atoms with E-state index in [4.69, 9.17) is 34.8 Å². The number of hydrogen-bond donors (Lipinski definition) is 1. The normalized spacial score (nSPS) is 15.3. The lowest BCUT2D eigenvalue weighted by molar-refractivity contribution is -0.139. The molecule has 2 aromatic carbocycles. The Morgan fingerprint density at radius 2 is 1.68 bits per heavy atom. The Kier molecular flexibility index (Phi) is 9.06. The summed E-state index contributed by atoms with van der Waals surface area (Å²) in [5, 5.41) is 4.37. The maximum atomic E-state index is 13.4. The molecule has 7 heteroatoms. The van der Waals surface area contributed by atoms with Gasteiger partial charge in [-0.2, -0.15) is 0 Å². The molecule has 1 atom stereocenters. The van der Waals surface area contributed by atoms with Crippen molar-refractivity contribution in [1.29, 1.82) is 0 Å². The first-order valence-electron chi connectivity index (χ1n) is 10.6. The molecule has 1 N–H and O–H groups in total. The van der Waals surface area contributed by atoms with E-state index in [0.29, 0.717) is 28.6 Å². The predicted octanol–water partition coefficient (Wildman–Crippen LogP) is 5.79. The molecule has 2 aromatic rings. The van der Waals surface area contributed by atoms with E-state index in [-0.39, 0.29) is 23.7 Å². The number of carbonyl (C=O) groups excluding carboxylic acids is 2. The summed E-state index contributed by atoms with van der Waals surface area (Å²) >= 11 is 18.3. The zero-order valence-corrected chi connectivity index (χ0v) is 19.6. The summed E-state index contributed by atoms with van der Waals surface area (Å²) in [6.07, 6.45) is 5.84. The van der Waals surface area contributed by atoms with Crippen LogP contribution in [0.5, 0.6) is 0 Å². The van der Waals surface area contributed by atoms with Crippen molar-refractivity contribution in [2.75, 3.05) is 12.4 Å². The maximum Gasteiger partial charge on any atom is 0.247 e. The summed E-state index contributed by atoms with van der Waals surface area (Å²) in [5.74, 6) is -0.692. The smallest absolute Gasteiger partial charge is 0.247 e. The quantitative estimate of drug-likeness (QED) is 0.485. The van der Waals surface area contributed by atoms with Crippen LogP contribution in [-0.2, 0) is 16.0 Å². The van der Waals surface area contributed by atoms with Crippen LogP contribution in [0.2, 0.25) is 10.0 Å². The van der Waals surface area contributed by atoms with Crippen molar-refractivity contribution in [1.82, 2.24) is 10.2 Å². The summed E-state index contributed by atoms with van der Waals surface area (Å²) < 4.78 is 0. The van der Waals surface area contributed by atoms with Crippen molar-refractivity contribution in [2.24, 2.45) is 0 Å². The summed E-state index contributed by atoms with van der Waals surface area (Å²) in [6, 6.07) is 13.9. The van der Waals surface area contributed by atoms with Crippen LogP contribution in [0, 0.1) is 0 Å². The molecule has 2 amide bonds. The molecule has 4 nitrogen and oxygen atoms in total. The van der Waals surface area contributed by atoms with Crippen LogP contribution < -0.4 is 5.32 Å². The number of halogens is 3. The summed E-state index contributed by atoms with van der Waals surface area (Å²) in [5.41, 5.74) is 1.62. The minimum Gasteiger partial charge on any atom is -0.351 e. The van der Waals surface area contributed by atoms with Crippen LogP contribution in [0.25, 0.3) is 0 Å². The Hall–Kier alpha value is -1.75. The average molecular weight is 482 g/mol. The number of benzene rings is 2. The molecule has 1 aliphatic carbocycles. The largest absolute Gasteiger partial charge is 0.351 e. The first-order valence-corrected chi connectivity index (χ1v) is 11.9. The van der Waals surface area contributed by atoms with Crippen LogP contribution in [0.3, 0.4) is 0 Å². The van der Waals surface area contributed by atoms with Crippen molar-refractivity contribution in [3.05, 3.63) is 69.7 Å². The Morgan fingerprint density at radius 1 is 1.00 bits per heavy atom. The van der Waals surface area contributed by atoms with Gasteiger partial charge in [-0.15, -0.1) is 11.6 Å². The van der Waals surface area contributed by atoms with Gasteiger partial charge in [0.1, 0.15) is 11.9 Å². The predicted molar refractivity (Wildman–Crippen MR) is 127 cm³/mol. The van der Waals surface area contributed by atoms with Gasteiger partial charge in [0.05, 0.1) is 0 Å². The van der Waals surface area contributed by atoms with Crippen LogP contribution in [0.15, 0.2) is 48.5 Å². The third-order valence-corrected chi connectivity index (χ3v) is 6.56. The van der Waals surface area contributed by atoms with E-state index in [1.165, 1.54) is 6.42 Å². The average Bonchev–Trinajstić information content (AvgIpc) is 2.78. The van der Waals surface area contributed by atoms with E-state index in [9.17, 15) is 9.59 Å². The molecule has 166 valence electrons. The second-order valence-corrected chi connectivity index (χ2v) is 8.97. The fourth-order valence-corrected chi connectivity index (χ4v) is 4.57. The fraction of sp³-hybridized carbons (Fsp3) is 0.417. The summed E-state index contributed by atoms with van der Waals surface area (Å²) in [6.45, 7) is 0.320. The van der Waals surface area contributed by atoms with E-state index < -0.39 is 6.04 Å². The first-order chi connectivity index (χ1) is 15.0. The minimum absolute atomic E-state index is 0.132. The SMILES string of the molecule is O=C(NC1CCCCC1)C(c1ccc(Cl)cc1)N(CCc1ccccc1Cl)C(=O)CCl. The molecule has 3 rings (SSSR count). The van der Waals surface area contributed by atoms with Crippen LogP contribution in [0.1, 0.15) is 49.3 Å².